The number of nitrogens with zero attached hydrogens (tertiary/aromatic N) is 2. The smallest absolute Gasteiger partial charge is 0.444 e. The zero-order valence-electron chi connectivity index (χ0n) is 19.8. The molecule has 8 nitrogen and oxygen atoms in total. The van der Waals surface area contributed by atoms with Gasteiger partial charge in [0.05, 0.1) is 11.2 Å². The molecule has 0 unspecified atom stereocenters. The topological polar surface area (TPSA) is 96.4 Å². The molecular weight excluding hydrogens is 525 g/mol. The average Bonchev–Trinajstić information content (AvgIpc) is 2.73. The molecule has 1 heterocycles. The van der Waals surface area contributed by atoms with Crippen LogP contribution in [0.4, 0.5) is 23.7 Å². The molecule has 1 aliphatic rings. The number of benzene rings is 2. The van der Waals surface area contributed by atoms with Gasteiger partial charge in [-0.1, -0.05) is 23.7 Å². The molecule has 1 amide bonds. The monoisotopic (exact) mass is 550 g/mol. The SMILES string of the molecule is CC(C)(C)OC(=O)N1CCC(c2ccc(Cl)cc2)(N(c2ccc(OC(F)(F)F)cc2)S(=O)(=O)O)CC1. The summed E-state index contributed by atoms with van der Waals surface area (Å²) < 4.78 is 83.5. The van der Waals surface area contributed by atoms with Gasteiger partial charge in [-0.05, 0) is 75.6 Å². The minimum absolute atomic E-state index is 0.0501. The number of rotatable bonds is 5. The normalized spacial score (nSPS) is 16.4. The summed E-state index contributed by atoms with van der Waals surface area (Å²) in [6.07, 6.45) is -5.40. The molecular formula is C23H26ClF3N2O6S. The van der Waals surface area contributed by atoms with E-state index in [-0.39, 0.29) is 31.6 Å². The second-order valence-corrected chi connectivity index (χ2v) is 11.0. The Labute approximate surface area is 212 Å². The highest BCUT2D eigenvalue weighted by molar-refractivity contribution is 7.87. The predicted octanol–water partition coefficient (Wildman–Crippen LogP) is 5.77. The summed E-state index contributed by atoms with van der Waals surface area (Å²) in [4.78, 5) is 14.0. The van der Waals surface area contributed by atoms with E-state index in [9.17, 15) is 30.9 Å². The quantitative estimate of drug-likeness (QED) is 0.474. The molecule has 2 aromatic carbocycles. The van der Waals surface area contributed by atoms with Gasteiger partial charge in [0.1, 0.15) is 11.4 Å². The molecule has 0 aromatic heterocycles. The van der Waals surface area contributed by atoms with Crippen LogP contribution < -0.4 is 9.04 Å². The van der Waals surface area contributed by atoms with Crippen LogP contribution in [0.15, 0.2) is 48.5 Å². The maximum absolute atomic E-state index is 12.7. The lowest BCUT2D eigenvalue weighted by molar-refractivity contribution is -0.274. The third-order valence-electron chi connectivity index (χ3n) is 5.55. The van der Waals surface area contributed by atoms with Gasteiger partial charge in [-0.3, -0.25) is 4.55 Å². The van der Waals surface area contributed by atoms with Crippen LogP contribution in [0.2, 0.25) is 5.02 Å². The third kappa shape index (κ3) is 6.74. The Hall–Kier alpha value is -2.70. The summed E-state index contributed by atoms with van der Waals surface area (Å²) in [6, 6.07) is 10.4. The summed E-state index contributed by atoms with van der Waals surface area (Å²) in [6.45, 7) is 5.33. The van der Waals surface area contributed by atoms with Crippen LogP contribution in [-0.2, 0) is 20.6 Å². The van der Waals surface area contributed by atoms with Crippen molar-refractivity contribution in [2.75, 3.05) is 17.4 Å². The second-order valence-electron chi connectivity index (χ2n) is 9.29. The summed E-state index contributed by atoms with van der Waals surface area (Å²) in [7, 11) is -4.95. The number of piperidine rings is 1. The van der Waals surface area contributed by atoms with Crippen molar-refractivity contribution in [1.82, 2.24) is 4.90 Å². The molecule has 1 aliphatic heterocycles. The molecule has 2 aromatic rings. The molecule has 1 saturated heterocycles. The number of amides is 1. The highest BCUT2D eigenvalue weighted by Gasteiger charge is 2.48. The van der Waals surface area contributed by atoms with Crippen LogP contribution >= 0.6 is 11.6 Å². The van der Waals surface area contributed by atoms with Crippen molar-refractivity contribution < 1.29 is 40.4 Å². The molecule has 13 heteroatoms. The average molecular weight is 551 g/mol. The fraction of sp³-hybridized carbons (Fsp3) is 0.435. The van der Waals surface area contributed by atoms with Gasteiger partial charge in [-0.25, -0.2) is 9.10 Å². The van der Waals surface area contributed by atoms with Crippen LogP contribution in [0.25, 0.3) is 0 Å². The molecule has 0 saturated carbocycles. The molecule has 0 spiro atoms. The first kappa shape index (κ1) is 27.9. The second kappa shape index (κ2) is 9.98. The first-order valence-electron chi connectivity index (χ1n) is 10.9. The van der Waals surface area contributed by atoms with Gasteiger partial charge in [-0.15, -0.1) is 13.2 Å². The predicted molar refractivity (Wildman–Crippen MR) is 127 cm³/mol. The van der Waals surface area contributed by atoms with Crippen molar-refractivity contribution in [3.8, 4) is 5.75 Å². The standard InChI is InChI=1S/C23H26ClF3N2O6S/c1-21(2,3)35-20(30)28-14-12-22(13-15-28,16-4-6-17(24)7-5-16)29(36(31,32)33)18-8-10-19(11-9-18)34-23(25,26)27/h4-11H,12-15H2,1-3H3,(H,31,32,33). The Bertz CT molecular complexity index is 1170. The summed E-state index contributed by atoms with van der Waals surface area (Å²) in [5.41, 5.74) is -1.73. The van der Waals surface area contributed by atoms with Gasteiger partial charge < -0.3 is 14.4 Å². The van der Waals surface area contributed by atoms with Crippen LogP contribution in [0, 0.1) is 0 Å². The van der Waals surface area contributed by atoms with Crippen molar-refractivity contribution >= 4 is 33.7 Å². The van der Waals surface area contributed by atoms with Gasteiger partial charge in [-0.2, -0.15) is 8.42 Å². The van der Waals surface area contributed by atoms with Crippen molar-refractivity contribution in [2.45, 2.75) is 51.1 Å². The van der Waals surface area contributed by atoms with Gasteiger partial charge in [0.2, 0.25) is 0 Å². The van der Waals surface area contributed by atoms with Crippen LogP contribution in [0.3, 0.4) is 0 Å². The molecule has 0 bridgehead atoms. The van der Waals surface area contributed by atoms with E-state index in [1.165, 1.54) is 4.90 Å². The molecule has 36 heavy (non-hydrogen) atoms. The maximum atomic E-state index is 12.7. The maximum Gasteiger partial charge on any atom is 0.573 e. The highest BCUT2D eigenvalue weighted by atomic mass is 35.5. The Morgan fingerprint density at radius 3 is 2.00 bits per heavy atom. The number of carbonyl (C=O) groups excluding carboxylic acids is 1. The van der Waals surface area contributed by atoms with Crippen LogP contribution in [0.5, 0.6) is 5.75 Å². The number of carbonyl (C=O) groups is 1. The van der Waals surface area contributed by atoms with Crippen molar-refractivity contribution in [3.05, 3.63) is 59.1 Å². The fourth-order valence-electron chi connectivity index (χ4n) is 4.14. The van der Waals surface area contributed by atoms with Gasteiger partial charge in [0.15, 0.2) is 0 Å². The van der Waals surface area contributed by atoms with E-state index in [1.54, 1.807) is 45.0 Å². The Morgan fingerprint density at radius 1 is 1.03 bits per heavy atom. The van der Waals surface area contributed by atoms with Gasteiger partial charge in [0, 0.05) is 18.1 Å². The molecule has 3 rings (SSSR count). The summed E-state index contributed by atoms with van der Waals surface area (Å²) in [5, 5.41) is 0.396. The number of hydrogen-bond acceptors (Lipinski definition) is 5. The lowest BCUT2D eigenvalue weighted by atomic mass is 9.80. The molecule has 1 fully saturated rings. The Balaban J connectivity index is 2.04. The first-order valence-corrected chi connectivity index (χ1v) is 12.7. The van der Waals surface area contributed by atoms with E-state index in [1.807, 2.05) is 0 Å². The largest absolute Gasteiger partial charge is 0.573 e. The zero-order chi connectivity index (χ0) is 26.9. The summed E-state index contributed by atoms with van der Waals surface area (Å²) >= 11 is 6.02. The minimum atomic E-state index is -4.95. The number of anilines is 1. The van der Waals surface area contributed by atoms with Crippen molar-refractivity contribution in [3.63, 3.8) is 0 Å². The van der Waals surface area contributed by atoms with E-state index in [0.29, 0.717) is 10.6 Å². The third-order valence-corrected chi connectivity index (χ3v) is 6.82. The summed E-state index contributed by atoms with van der Waals surface area (Å²) in [5.74, 6) is -0.554. The van der Waals surface area contributed by atoms with Gasteiger partial charge >= 0.3 is 22.8 Å². The highest BCUT2D eigenvalue weighted by Crippen LogP contribution is 2.44. The fourth-order valence-corrected chi connectivity index (χ4v) is 5.38. The number of hydrogen-bond donors (Lipinski definition) is 1. The Kier molecular flexibility index (Phi) is 7.73. The first-order chi connectivity index (χ1) is 16.5. The molecule has 0 atom stereocenters. The van der Waals surface area contributed by atoms with Crippen LogP contribution in [0.1, 0.15) is 39.2 Å². The van der Waals surface area contributed by atoms with Crippen molar-refractivity contribution in [2.24, 2.45) is 0 Å². The Morgan fingerprint density at radius 2 is 1.56 bits per heavy atom. The lowest BCUT2D eigenvalue weighted by Crippen LogP contribution is -2.56. The van der Waals surface area contributed by atoms with E-state index in [2.05, 4.69) is 4.74 Å². The van der Waals surface area contributed by atoms with E-state index in [0.717, 1.165) is 28.6 Å². The number of alkyl halides is 3. The number of halogens is 4. The zero-order valence-corrected chi connectivity index (χ0v) is 21.3. The lowest BCUT2D eigenvalue weighted by Gasteiger charge is -2.48. The van der Waals surface area contributed by atoms with Gasteiger partial charge in [0.25, 0.3) is 0 Å². The van der Waals surface area contributed by atoms with E-state index < -0.39 is 39.6 Å². The van der Waals surface area contributed by atoms with Crippen LogP contribution in [-0.4, -0.2) is 49.0 Å². The molecule has 0 aliphatic carbocycles. The number of ether oxygens (including phenoxy) is 2. The van der Waals surface area contributed by atoms with Crippen molar-refractivity contribution in [1.29, 1.82) is 0 Å². The van der Waals surface area contributed by atoms with E-state index in [4.69, 9.17) is 16.3 Å². The number of likely N-dealkylation sites (tertiary alicyclic amines) is 1. The molecule has 0 radical (unpaired) electrons. The molecule has 1 N–H and O–H groups in total. The van der Waals surface area contributed by atoms with E-state index >= 15 is 0 Å². The molecule has 198 valence electrons. The minimum Gasteiger partial charge on any atom is -0.444 e.